The Morgan fingerprint density at radius 2 is 2.05 bits per heavy atom. The zero-order valence-corrected chi connectivity index (χ0v) is 13.3. The summed E-state index contributed by atoms with van der Waals surface area (Å²) in [4.78, 5) is 8.86. The number of para-hydroxylation sites is 1. The Morgan fingerprint density at radius 3 is 2.77 bits per heavy atom. The van der Waals surface area contributed by atoms with E-state index in [1.165, 1.54) is 24.8 Å². The van der Waals surface area contributed by atoms with E-state index in [-0.39, 0.29) is 0 Å². The van der Waals surface area contributed by atoms with E-state index in [4.69, 9.17) is 4.74 Å². The monoisotopic (exact) mass is 297 g/mol. The van der Waals surface area contributed by atoms with Crippen LogP contribution in [0.2, 0.25) is 0 Å². The number of ether oxygens (including phenoxy) is 1. The molecule has 1 heterocycles. The number of aryl methyl sites for hydroxylation is 2. The van der Waals surface area contributed by atoms with Crippen molar-refractivity contribution in [1.29, 1.82) is 0 Å². The van der Waals surface area contributed by atoms with Gasteiger partial charge in [0.15, 0.2) is 0 Å². The number of benzene rings is 1. The molecule has 0 saturated heterocycles. The standard InChI is InChI=1S/C18H23N3O/c1-3-15-11-18(21-13(2)20-15)19-12-14-7-4-5-10-17(14)22-16-8-6-9-16/h4-5,7,10-11,16H,3,6,8-9,12H2,1-2H3,(H,19,20,21). The third-order valence-corrected chi connectivity index (χ3v) is 4.03. The van der Waals surface area contributed by atoms with Gasteiger partial charge in [0.2, 0.25) is 0 Å². The molecule has 0 spiro atoms. The first kappa shape index (κ1) is 14.8. The quantitative estimate of drug-likeness (QED) is 0.878. The van der Waals surface area contributed by atoms with Crippen LogP contribution >= 0.6 is 0 Å². The molecule has 0 atom stereocenters. The average molecular weight is 297 g/mol. The van der Waals surface area contributed by atoms with Crippen LogP contribution in [-0.2, 0) is 13.0 Å². The lowest BCUT2D eigenvalue weighted by molar-refractivity contribution is 0.119. The maximum atomic E-state index is 6.07. The Hall–Kier alpha value is -2.10. The fourth-order valence-electron chi connectivity index (χ4n) is 2.52. The molecule has 1 saturated carbocycles. The molecule has 1 N–H and O–H groups in total. The molecule has 1 aromatic carbocycles. The molecule has 0 unspecified atom stereocenters. The number of aromatic nitrogens is 2. The molecular weight excluding hydrogens is 274 g/mol. The van der Waals surface area contributed by atoms with Crippen molar-refractivity contribution in [2.24, 2.45) is 0 Å². The maximum absolute atomic E-state index is 6.07. The van der Waals surface area contributed by atoms with E-state index in [2.05, 4.69) is 34.3 Å². The Kier molecular flexibility index (Phi) is 4.56. The van der Waals surface area contributed by atoms with Crippen molar-refractivity contribution >= 4 is 5.82 Å². The molecule has 0 aliphatic heterocycles. The molecule has 2 aromatic rings. The van der Waals surface area contributed by atoms with Crippen molar-refractivity contribution in [3.63, 3.8) is 0 Å². The van der Waals surface area contributed by atoms with Gasteiger partial charge in [0, 0.05) is 23.9 Å². The van der Waals surface area contributed by atoms with Crippen LogP contribution in [0.1, 0.15) is 43.3 Å². The van der Waals surface area contributed by atoms with Crippen LogP contribution in [0.3, 0.4) is 0 Å². The minimum atomic E-state index is 0.397. The predicted molar refractivity (Wildman–Crippen MR) is 88.2 cm³/mol. The van der Waals surface area contributed by atoms with E-state index in [1.807, 2.05) is 25.1 Å². The van der Waals surface area contributed by atoms with E-state index in [0.717, 1.165) is 29.5 Å². The lowest BCUT2D eigenvalue weighted by Crippen LogP contribution is -2.25. The number of nitrogens with one attached hydrogen (secondary N) is 1. The number of anilines is 1. The average Bonchev–Trinajstić information content (AvgIpc) is 2.49. The Balaban J connectivity index is 1.69. The third-order valence-electron chi connectivity index (χ3n) is 4.03. The van der Waals surface area contributed by atoms with Gasteiger partial charge >= 0.3 is 0 Å². The smallest absolute Gasteiger partial charge is 0.130 e. The molecule has 1 aliphatic rings. The number of nitrogens with zero attached hydrogens (tertiary/aromatic N) is 2. The Bertz CT molecular complexity index is 638. The molecule has 116 valence electrons. The molecule has 0 amide bonds. The van der Waals surface area contributed by atoms with Crippen molar-refractivity contribution in [3.8, 4) is 5.75 Å². The summed E-state index contributed by atoms with van der Waals surface area (Å²) >= 11 is 0. The Labute approximate surface area is 132 Å². The van der Waals surface area contributed by atoms with Gasteiger partial charge in [-0.2, -0.15) is 0 Å². The summed E-state index contributed by atoms with van der Waals surface area (Å²) in [5, 5.41) is 3.40. The van der Waals surface area contributed by atoms with E-state index < -0.39 is 0 Å². The molecule has 1 aliphatic carbocycles. The fourth-order valence-corrected chi connectivity index (χ4v) is 2.52. The lowest BCUT2D eigenvalue weighted by atomic mass is 9.96. The summed E-state index contributed by atoms with van der Waals surface area (Å²) < 4.78 is 6.07. The summed E-state index contributed by atoms with van der Waals surface area (Å²) in [7, 11) is 0. The van der Waals surface area contributed by atoms with Crippen LogP contribution < -0.4 is 10.1 Å². The molecule has 3 rings (SSSR count). The van der Waals surface area contributed by atoms with Gasteiger partial charge in [-0.1, -0.05) is 25.1 Å². The molecular formula is C18H23N3O. The van der Waals surface area contributed by atoms with E-state index in [0.29, 0.717) is 12.6 Å². The topological polar surface area (TPSA) is 47.0 Å². The first-order chi connectivity index (χ1) is 10.7. The van der Waals surface area contributed by atoms with Gasteiger partial charge in [-0.15, -0.1) is 0 Å². The fraction of sp³-hybridized carbons (Fsp3) is 0.444. The zero-order valence-electron chi connectivity index (χ0n) is 13.3. The summed E-state index contributed by atoms with van der Waals surface area (Å²) in [5.74, 6) is 2.67. The molecule has 1 aromatic heterocycles. The van der Waals surface area contributed by atoms with E-state index >= 15 is 0 Å². The second-order valence-electron chi connectivity index (χ2n) is 5.78. The van der Waals surface area contributed by atoms with E-state index in [9.17, 15) is 0 Å². The summed E-state index contributed by atoms with van der Waals surface area (Å²) in [5.41, 5.74) is 2.23. The zero-order chi connectivity index (χ0) is 15.4. The molecule has 0 radical (unpaired) electrons. The molecule has 22 heavy (non-hydrogen) atoms. The predicted octanol–water partition coefficient (Wildman–Crippen LogP) is 3.89. The normalized spacial score (nSPS) is 14.5. The van der Waals surface area contributed by atoms with Crippen LogP contribution in [0.5, 0.6) is 5.75 Å². The largest absolute Gasteiger partial charge is 0.490 e. The number of hydrogen-bond acceptors (Lipinski definition) is 4. The molecule has 4 nitrogen and oxygen atoms in total. The number of hydrogen-bond donors (Lipinski definition) is 1. The van der Waals surface area contributed by atoms with Crippen LogP contribution in [-0.4, -0.2) is 16.1 Å². The molecule has 1 fully saturated rings. The van der Waals surface area contributed by atoms with Gasteiger partial charge < -0.3 is 10.1 Å². The van der Waals surface area contributed by atoms with E-state index in [1.54, 1.807) is 0 Å². The van der Waals surface area contributed by atoms with Gasteiger partial charge in [-0.05, 0) is 38.7 Å². The first-order valence-corrected chi connectivity index (χ1v) is 8.07. The third kappa shape index (κ3) is 3.56. The highest BCUT2D eigenvalue weighted by Gasteiger charge is 2.20. The van der Waals surface area contributed by atoms with Gasteiger partial charge in [-0.3, -0.25) is 0 Å². The minimum absolute atomic E-state index is 0.397. The van der Waals surface area contributed by atoms with Crippen molar-refractivity contribution in [2.45, 2.75) is 52.2 Å². The summed E-state index contributed by atoms with van der Waals surface area (Å²) in [6.45, 7) is 4.74. The maximum Gasteiger partial charge on any atom is 0.130 e. The second-order valence-corrected chi connectivity index (χ2v) is 5.78. The van der Waals surface area contributed by atoms with Crippen LogP contribution in [0.4, 0.5) is 5.82 Å². The van der Waals surface area contributed by atoms with Gasteiger partial charge in [-0.25, -0.2) is 9.97 Å². The van der Waals surface area contributed by atoms with Gasteiger partial charge in [0.25, 0.3) is 0 Å². The first-order valence-electron chi connectivity index (χ1n) is 8.07. The van der Waals surface area contributed by atoms with Crippen molar-refractivity contribution in [2.75, 3.05) is 5.32 Å². The second kappa shape index (κ2) is 6.77. The van der Waals surface area contributed by atoms with Crippen molar-refractivity contribution < 1.29 is 4.74 Å². The SMILES string of the molecule is CCc1cc(NCc2ccccc2OC2CCC2)nc(C)n1. The van der Waals surface area contributed by atoms with Crippen LogP contribution in [0.25, 0.3) is 0 Å². The van der Waals surface area contributed by atoms with Crippen molar-refractivity contribution in [1.82, 2.24) is 9.97 Å². The highest BCUT2D eigenvalue weighted by Crippen LogP contribution is 2.27. The minimum Gasteiger partial charge on any atom is -0.490 e. The Morgan fingerprint density at radius 1 is 1.23 bits per heavy atom. The summed E-state index contributed by atoms with van der Waals surface area (Å²) in [6, 6.07) is 10.3. The lowest BCUT2D eigenvalue weighted by Gasteiger charge is -2.27. The number of rotatable bonds is 6. The molecule has 0 bridgehead atoms. The van der Waals surface area contributed by atoms with Gasteiger partial charge in [0.1, 0.15) is 17.4 Å². The van der Waals surface area contributed by atoms with Gasteiger partial charge in [0.05, 0.1) is 6.10 Å². The van der Waals surface area contributed by atoms with Crippen LogP contribution in [0.15, 0.2) is 30.3 Å². The molecule has 4 heteroatoms. The van der Waals surface area contributed by atoms with Crippen molar-refractivity contribution in [3.05, 3.63) is 47.4 Å². The highest BCUT2D eigenvalue weighted by molar-refractivity contribution is 5.41. The van der Waals surface area contributed by atoms with Crippen LogP contribution in [0, 0.1) is 6.92 Å². The highest BCUT2D eigenvalue weighted by atomic mass is 16.5. The summed E-state index contributed by atoms with van der Waals surface area (Å²) in [6.07, 6.45) is 4.94.